The van der Waals surface area contributed by atoms with Crippen LogP contribution in [0.1, 0.15) is 21.5 Å². The van der Waals surface area contributed by atoms with E-state index in [1.165, 1.54) is 18.3 Å². The normalized spacial score (nSPS) is 11.7. The van der Waals surface area contributed by atoms with Gasteiger partial charge in [-0.25, -0.2) is 13.6 Å². The van der Waals surface area contributed by atoms with Crippen LogP contribution in [0.5, 0.6) is 5.75 Å². The highest BCUT2D eigenvalue weighted by atomic mass is 19.2. The summed E-state index contributed by atoms with van der Waals surface area (Å²) >= 11 is 0. The highest BCUT2D eigenvalue weighted by Crippen LogP contribution is 2.26. The highest BCUT2D eigenvalue weighted by molar-refractivity contribution is 5.97. The van der Waals surface area contributed by atoms with Crippen LogP contribution < -0.4 is 5.32 Å². The minimum atomic E-state index is -1.79. The van der Waals surface area contributed by atoms with Gasteiger partial charge < -0.3 is 15.2 Å². The number of aryl methyl sites for hydroxylation is 1. The molecule has 166 valence electrons. The molecule has 1 atom stereocenters. The molecule has 10 heteroatoms. The Morgan fingerprint density at radius 3 is 2.38 bits per heavy atom. The fourth-order valence-corrected chi connectivity index (χ4v) is 2.97. The maximum Gasteiger partial charge on any atom is 0.328 e. The van der Waals surface area contributed by atoms with Crippen molar-refractivity contribution in [1.82, 2.24) is 15.3 Å². The Hall–Kier alpha value is -3.95. The van der Waals surface area contributed by atoms with E-state index in [1.54, 1.807) is 18.3 Å². The lowest BCUT2D eigenvalue weighted by Gasteiger charge is -2.17. The van der Waals surface area contributed by atoms with Crippen LogP contribution in [0, 0.1) is 24.4 Å². The Kier molecular flexibility index (Phi) is 6.72. The first kappa shape index (κ1) is 22.7. The fraction of sp³-hybridized carbons (Fsp3) is 0.182. The number of phenols is 1. The summed E-state index contributed by atoms with van der Waals surface area (Å²) in [5.41, 5.74) is 1.43. The number of phenolic OH excluding ortho intramolecular Hbond substituents is 1. The molecule has 32 heavy (non-hydrogen) atoms. The van der Waals surface area contributed by atoms with Gasteiger partial charge in [-0.05, 0) is 48.4 Å². The molecule has 0 unspecified atom stereocenters. The molecular formula is C22H18F3N3O4. The molecule has 2 heterocycles. The third-order valence-electron chi connectivity index (χ3n) is 4.62. The maximum atomic E-state index is 14.1. The molecule has 3 rings (SSSR count). The number of carbonyl (C=O) groups is 2. The number of ether oxygens (including phenoxy) is 1. The summed E-state index contributed by atoms with van der Waals surface area (Å²) in [7, 11) is 1.05. The van der Waals surface area contributed by atoms with Crippen LogP contribution in [0.25, 0.3) is 11.4 Å². The molecule has 0 bridgehead atoms. The number of carbonyl (C=O) groups excluding carboxylic acids is 2. The van der Waals surface area contributed by atoms with Crippen molar-refractivity contribution in [1.29, 1.82) is 0 Å². The van der Waals surface area contributed by atoms with E-state index in [9.17, 15) is 22.8 Å². The lowest BCUT2D eigenvalue weighted by molar-refractivity contribution is -0.142. The van der Waals surface area contributed by atoms with Crippen LogP contribution in [-0.4, -0.2) is 40.1 Å². The molecule has 0 radical (unpaired) electrons. The zero-order valence-electron chi connectivity index (χ0n) is 17.0. The predicted molar refractivity (Wildman–Crippen MR) is 107 cm³/mol. The van der Waals surface area contributed by atoms with Crippen molar-refractivity contribution < 1.29 is 32.6 Å². The molecule has 1 amide bonds. The summed E-state index contributed by atoms with van der Waals surface area (Å²) in [4.78, 5) is 33.3. The van der Waals surface area contributed by atoms with Crippen LogP contribution in [0.2, 0.25) is 0 Å². The number of hydrogen-bond acceptors (Lipinski definition) is 6. The molecule has 0 saturated carbocycles. The minimum Gasteiger partial charge on any atom is -0.503 e. The third kappa shape index (κ3) is 4.85. The summed E-state index contributed by atoms with van der Waals surface area (Å²) < 4.78 is 46.0. The topological polar surface area (TPSA) is 101 Å². The first-order valence-corrected chi connectivity index (χ1v) is 9.34. The zero-order valence-corrected chi connectivity index (χ0v) is 17.0. The predicted octanol–water partition coefficient (Wildman–Crippen LogP) is 3.09. The minimum absolute atomic E-state index is 0.121. The number of halogens is 3. The van der Waals surface area contributed by atoms with Gasteiger partial charge in [0, 0.05) is 24.4 Å². The van der Waals surface area contributed by atoms with Crippen molar-refractivity contribution in [3.05, 3.63) is 76.9 Å². The molecule has 1 aromatic carbocycles. The smallest absolute Gasteiger partial charge is 0.328 e. The van der Waals surface area contributed by atoms with Gasteiger partial charge in [0.1, 0.15) is 6.04 Å². The van der Waals surface area contributed by atoms with E-state index in [0.29, 0.717) is 17.5 Å². The summed E-state index contributed by atoms with van der Waals surface area (Å²) in [6.45, 7) is 1.87. The average Bonchev–Trinajstić information content (AvgIpc) is 2.80. The number of aromatic hydroxyl groups is 1. The van der Waals surface area contributed by atoms with Crippen LogP contribution >= 0.6 is 0 Å². The van der Waals surface area contributed by atoms with Gasteiger partial charge in [0.15, 0.2) is 17.4 Å². The molecule has 0 aliphatic heterocycles. The molecule has 0 aliphatic carbocycles. The Bertz CT molecular complexity index is 1190. The van der Waals surface area contributed by atoms with E-state index >= 15 is 0 Å². The van der Waals surface area contributed by atoms with Crippen LogP contribution in [0.15, 0.2) is 42.7 Å². The van der Waals surface area contributed by atoms with E-state index < -0.39 is 53.1 Å². The Balaban J connectivity index is 1.86. The van der Waals surface area contributed by atoms with Gasteiger partial charge >= 0.3 is 5.97 Å². The second kappa shape index (κ2) is 9.46. The Labute approximate surface area is 180 Å². The van der Waals surface area contributed by atoms with Crippen molar-refractivity contribution in [2.24, 2.45) is 0 Å². The van der Waals surface area contributed by atoms with Gasteiger partial charge in [-0.15, -0.1) is 0 Å². The van der Waals surface area contributed by atoms with Crippen molar-refractivity contribution in [2.75, 3.05) is 7.11 Å². The molecule has 2 aromatic heterocycles. The number of nitrogens with zero attached hydrogens (tertiary/aromatic N) is 2. The number of esters is 1. The first-order chi connectivity index (χ1) is 15.2. The Morgan fingerprint density at radius 1 is 1.06 bits per heavy atom. The highest BCUT2D eigenvalue weighted by Gasteiger charge is 2.27. The van der Waals surface area contributed by atoms with E-state index in [2.05, 4.69) is 20.0 Å². The first-order valence-electron chi connectivity index (χ1n) is 9.34. The van der Waals surface area contributed by atoms with E-state index in [0.717, 1.165) is 12.7 Å². The second-order valence-electron chi connectivity index (χ2n) is 6.90. The van der Waals surface area contributed by atoms with Crippen molar-refractivity contribution in [3.63, 3.8) is 0 Å². The van der Waals surface area contributed by atoms with Gasteiger partial charge in [-0.1, -0.05) is 0 Å². The van der Waals surface area contributed by atoms with Gasteiger partial charge in [0.05, 0.1) is 18.5 Å². The largest absolute Gasteiger partial charge is 0.503 e. The van der Waals surface area contributed by atoms with E-state index in [1.807, 2.05) is 6.92 Å². The number of amides is 1. The maximum absolute atomic E-state index is 14.1. The van der Waals surface area contributed by atoms with Crippen LogP contribution in [0.3, 0.4) is 0 Å². The molecule has 2 N–H and O–H groups in total. The van der Waals surface area contributed by atoms with Crippen molar-refractivity contribution in [2.45, 2.75) is 19.4 Å². The van der Waals surface area contributed by atoms with Gasteiger partial charge in [0.25, 0.3) is 5.91 Å². The van der Waals surface area contributed by atoms with Gasteiger partial charge in [-0.2, -0.15) is 4.39 Å². The second-order valence-corrected chi connectivity index (χ2v) is 6.90. The molecule has 0 aliphatic rings. The number of methoxy groups -OCH3 is 1. The van der Waals surface area contributed by atoms with Crippen molar-refractivity contribution in [3.8, 4) is 17.1 Å². The number of hydrogen-bond donors (Lipinski definition) is 2. The lowest BCUT2D eigenvalue weighted by Crippen LogP contribution is -2.43. The molecule has 7 nitrogen and oxygen atoms in total. The Morgan fingerprint density at radius 2 is 1.72 bits per heavy atom. The average molecular weight is 445 g/mol. The van der Waals surface area contributed by atoms with Crippen LogP contribution in [0.4, 0.5) is 13.2 Å². The third-order valence-corrected chi connectivity index (χ3v) is 4.62. The molecule has 0 saturated heterocycles. The summed E-state index contributed by atoms with van der Waals surface area (Å²) in [6.07, 6.45) is 2.36. The van der Waals surface area contributed by atoms with E-state index in [4.69, 9.17) is 5.11 Å². The van der Waals surface area contributed by atoms with Crippen LogP contribution in [-0.2, 0) is 16.0 Å². The SMILES string of the molecule is COC(=O)[C@H](Cc1cc(F)c(O)c(F)c1F)NC(=O)c1ccnc(-c2cc(C)ccn2)c1. The monoisotopic (exact) mass is 445 g/mol. The number of aromatic nitrogens is 2. The van der Waals surface area contributed by atoms with Gasteiger partial charge in [-0.3, -0.25) is 14.8 Å². The van der Waals surface area contributed by atoms with Crippen molar-refractivity contribution >= 4 is 11.9 Å². The number of nitrogens with one attached hydrogen (secondary N) is 1. The molecule has 0 fully saturated rings. The number of pyridine rings is 2. The zero-order chi connectivity index (χ0) is 23.4. The fourth-order valence-electron chi connectivity index (χ4n) is 2.97. The standard InChI is InChI=1S/C22H18F3N3O4/c1-11-3-5-26-15(7-11)16-9-12(4-6-27-16)21(30)28-17(22(31)32-2)10-13-8-14(23)20(29)19(25)18(13)24/h3-9,17,29H,10H2,1-2H3,(H,28,30)/t17-/m0/s1. The quantitative estimate of drug-likeness (QED) is 0.447. The number of rotatable bonds is 6. The molecular weight excluding hydrogens is 427 g/mol. The van der Waals surface area contributed by atoms with Gasteiger partial charge in [0.2, 0.25) is 5.82 Å². The molecule has 3 aromatic rings. The summed E-state index contributed by atoms with van der Waals surface area (Å²) in [5, 5.41) is 11.5. The van der Waals surface area contributed by atoms with E-state index in [-0.39, 0.29) is 5.56 Å². The molecule has 0 spiro atoms. The number of benzene rings is 1. The summed E-state index contributed by atoms with van der Waals surface area (Å²) in [6, 6.07) is 5.51. The summed E-state index contributed by atoms with van der Waals surface area (Å²) in [5.74, 6) is -7.89. The lowest BCUT2D eigenvalue weighted by atomic mass is 10.0.